The SMILES string of the molecule is Cc1cc2ccccc2n2ccnc12. The molecule has 0 radical (unpaired) electrons. The Morgan fingerprint density at radius 3 is 3.00 bits per heavy atom. The second-order valence-electron chi connectivity index (χ2n) is 3.51. The minimum absolute atomic E-state index is 1.05. The molecule has 0 atom stereocenters. The third-order valence-corrected chi connectivity index (χ3v) is 2.56. The second kappa shape index (κ2) is 2.58. The van der Waals surface area contributed by atoms with Crippen LogP contribution in [0.25, 0.3) is 16.6 Å². The number of fused-ring (bicyclic) bond motifs is 3. The summed E-state index contributed by atoms with van der Waals surface area (Å²) < 4.78 is 2.13. The van der Waals surface area contributed by atoms with Gasteiger partial charge in [-0.25, -0.2) is 4.98 Å². The zero-order chi connectivity index (χ0) is 9.54. The van der Waals surface area contributed by atoms with Gasteiger partial charge in [0.15, 0.2) is 0 Å². The molecular formula is C12H10N2. The van der Waals surface area contributed by atoms with E-state index in [-0.39, 0.29) is 0 Å². The van der Waals surface area contributed by atoms with Crippen LogP contribution in [0.1, 0.15) is 5.56 Å². The van der Waals surface area contributed by atoms with Crippen LogP contribution < -0.4 is 0 Å². The molecule has 0 unspecified atom stereocenters. The fourth-order valence-corrected chi connectivity index (χ4v) is 1.92. The topological polar surface area (TPSA) is 17.3 Å². The third kappa shape index (κ3) is 0.880. The van der Waals surface area contributed by atoms with Gasteiger partial charge in [0.25, 0.3) is 0 Å². The van der Waals surface area contributed by atoms with Crippen molar-refractivity contribution >= 4 is 16.6 Å². The first-order chi connectivity index (χ1) is 6.86. The van der Waals surface area contributed by atoms with Gasteiger partial charge in [-0.2, -0.15) is 0 Å². The normalized spacial score (nSPS) is 11.2. The van der Waals surface area contributed by atoms with Gasteiger partial charge in [-0.3, -0.25) is 4.40 Å². The Balaban J connectivity index is 2.66. The zero-order valence-corrected chi connectivity index (χ0v) is 7.94. The highest BCUT2D eigenvalue weighted by molar-refractivity contribution is 5.83. The fraction of sp³-hybridized carbons (Fsp3) is 0.0833. The van der Waals surface area contributed by atoms with E-state index in [1.165, 1.54) is 16.5 Å². The number of aromatic nitrogens is 2. The summed E-state index contributed by atoms with van der Waals surface area (Å²) in [5, 5.41) is 1.26. The number of hydrogen-bond donors (Lipinski definition) is 0. The highest BCUT2D eigenvalue weighted by Crippen LogP contribution is 2.19. The lowest BCUT2D eigenvalue weighted by Crippen LogP contribution is -1.89. The van der Waals surface area contributed by atoms with Crippen molar-refractivity contribution in [3.63, 3.8) is 0 Å². The van der Waals surface area contributed by atoms with E-state index in [2.05, 4.69) is 46.6 Å². The van der Waals surface area contributed by atoms with Crippen LogP contribution in [0.3, 0.4) is 0 Å². The van der Waals surface area contributed by atoms with Crippen molar-refractivity contribution in [2.24, 2.45) is 0 Å². The number of hydrogen-bond acceptors (Lipinski definition) is 1. The molecule has 0 N–H and O–H groups in total. The number of pyridine rings is 1. The molecule has 3 aromatic rings. The fourth-order valence-electron chi connectivity index (χ4n) is 1.92. The number of imidazole rings is 1. The maximum absolute atomic E-state index is 4.33. The average molecular weight is 182 g/mol. The van der Waals surface area contributed by atoms with E-state index in [1.54, 1.807) is 0 Å². The molecule has 0 saturated carbocycles. The quantitative estimate of drug-likeness (QED) is 0.522. The van der Waals surface area contributed by atoms with Crippen LogP contribution in [0.4, 0.5) is 0 Å². The van der Waals surface area contributed by atoms with Crippen LogP contribution in [0.5, 0.6) is 0 Å². The van der Waals surface area contributed by atoms with Crippen molar-refractivity contribution in [2.75, 3.05) is 0 Å². The van der Waals surface area contributed by atoms with Crippen molar-refractivity contribution in [1.82, 2.24) is 9.38 Å². The van der Waals surface area contributed by atoms with Crippen LogP contribution in [0.15, 0.2) is 42.7 Å². The van der Waals surface area contributed by atoms with Crippen LogP contribution in [0, 0.1) is 6.92 Å². The zero-order valence-electron chi connectivity index (χ0n) is 7.94. The Labute approximate surface area is 81.8 Å². The van der Waals surface area contributed by atoms with Crippen molar-refractivity contribution < 1.29 is 0 Å². The maximum Gasteiger partial charge on any atom is 0.140 e. The molecule has 2 heterocycles. The average Bonchev–Trinajstić information content (AvgIpc) is 2.67. The van der Waals surface area contributed by atoms with Gasteiger partial charge in [0.1, 0.15) is 5.65 Å². The molecule has 0 fully saturated rings. The van der Waals surface area contributed by atoms with Crippen molar-refractivity contribution in [1.29, 1.82) is 0 Å². The summed E-state index contributed by atoms with van der Waals surface area (Å²) in [6, 6.07) is 10.5. The van der Waals surface area contributed by atoms with Crippen molar-refractivity contribution in [3.8, 4) is 0 Å². The van der Waals surface area contributed by atoms with Crippen LogP contribution in [0.2, 0.25) is 0 Å². The van der Waals surface area contributed by atoms with Gasteiger partial charge in [0, 0.05) is 12.4 Å². The molecule has 0 saturated heterocycles. The van der Waals surface area contributed by atoms with E-state index in [0.717, 1.165) is 5.65 Å². The van der Waals surface area contributed by atoms with Gasteiger partial charge in [0.2, 0.25) is 0 Å². The Kier molecular flexibility index (Phi) is 1.39. The molecule has 0 amide bonds. The molecule has 0 bridgehead atoms. The van der Waals surface area contributed by atoms with Crippen LogP contribution in [-0.4, -0.2) is 9.38 Å². The van der Waals surface area contributed by atoms with E-state index in [9.17, 15) is 0 Å². The van der Waals surface area contributed by atoms with Gasteiger partial charge >= 0.3 is 0 Å². The number of nitrogens with zero attached hydrogens (tertiary/aromatic N) is 2. The van der Waals surface area contributed by atoms with Gasteiger partial charge in [-0.15, -0.1) is 0 Å². The van der Waals surface area contributed by atoms with Crippen LogP contribution in [-0.2, 0) is 0 Å². The van der Waals surface area contributed by atoms with Gasteiger partial charge < -0.3 is 0 Å². The first-order valence-electron chi connectivity index (χ1n) is 4.68. The molecule has 68 valence electrons. The smallest absolute Gasteiger partial charge is 0.140 e. The highest BCUT2D eigenvalue weighted by Gasteiger charge is 2.02. The molecule has 1 aromatic carbocycles. The number of rotatable bonds is 0. The second-order valence-corrected chi connectivity index (χ2v) is 3.51. The van der Waals surface area contributed by atoms with Crippen LogP contribution >= 0.6 is 0 Å². The standard InChI is InChI=1S/C12H10N2/c1-9-8-10-4-2-3-5-11(10)14-7-6-13-12(9)14/h2-8H,1H3. The predicted molar refractivity (Wildman–Crippen MR) is 57.4 cm³/mol. The number of benzene rings is 1. The number of para-hydroxylation sites is 1. The molecule has 14 heavy (non-hydrogen) atoms. The van der Waals surface area contributed by atoms with E-state index < -0.39 is 0 Å². The van der Waals surface area contributed by atoms with E-state index in [0.29, 0.717) is 0 Å². The van der Waals surface area contributed by atoms with Gasteiger partial charge in [0.05, 0.1) is 5.52 Å². The summed E-state index contributed by atoms with van der Waals surface area (Å²) in [6.07, 6.45) is 3.85. The monoisotopic (exact) mass is 182 g/mol. The first-order valence-corrected chi connectivity index (χ1v) is 4.68. The lowest BCUT2D eigenvalue weighted by Gasteiger charge is -2.03. The summed E-state index contributed by atoms with van der Waals surface area (Å²) in [7, 11) is 0. The molecule has 0 spiro atoms. The van der Waals surface area contributed by atoms with E-state index in [4.69, 9.17) is 0 Å². The summed E-state index contributed by atoms with van der Waals surface area (Å²) in [5.74, 6) is 0. The maximum atomic E-state index is 4.33. The molecule has 2 aromatic heterocycles. The molecule has 0 aliphatic carbocycles. The molecule has 0 aliphatic rings. The summed E-state index contributed by atoms with van der Waals surface area (Å²) >= 11 is 0. The van der Waals surface area contributed by atoms with Gasteiger partial charge in [-0.05, 0) is 30.0 Å². The summed E-state index contributed by atoms with van der Waals surface area (Å²) in [6.45, 7) is 2.09. The Bertz CT molecular complexity index is 608. The summed E-state index contributed by atoms with van der Waals surface area (Å²) in [4.78, 5) is 4.33. The summed E-state index contributed by atoms with van der Waals surface area (Å²) in [5.41, 5.74) is 3.48. The first kappa shape index (κ1) is 7.56. The highest BCUT2D eigenvalue weighted by atomic mass is 15.0. The predicted octanol–water partition coefficient (Wildman–Crippen LogP) is 2.80. The minimum Gasteiger partial charge on any atom is -0.299 e. The van der Waals surface area contributed by atoms with Crippen molar-refractivity contribution in [3.05, 3.63) is 48.3 Å². The lowest BCUT2D eigenvalue weighted by atomic mass is 10.1. The minimum atomic E-state index is 1.05. The largest absolute Gasteiger partial charge is 0.299 e. The van der Waals surface area contributed by atoms with E-state index in [1.807, 2.05) is 12.4 Å². The molecule has 2 nitrogen and oxygen atoms in total. The number of aryl methyl sites for hydroxylation is 1. The Morgan fingerprint density at radius 2 is 2.07 bits per heavy atom. The van der Waals surface area contributed by atoms with Gasteiger partial charge in [-0.1, -0.05) is 18.2 Å². The molecule has 3 rings (SSSR count). The third-order valence-electron chi connectivity index (χ3n) is 2.56. The lowest BCUT2D eigenvalue weighted by molar-refractivity contribution is 1.23. The van der Waals surface area contributed by atoms with E-state index >= 15 is 0 Å². The molecule has 0 aliphatic heterocycles. The Hall–Kier alpha value is -1.83. The molecular weight excluding hydrogens is 172 g/mol. The Morgan fingerprint density at radius 1 is 1.21 bits per heavy atom. The molecule has 2 heteroatoms. The van der Waals surface area contributed by atoms with Crippen molar-refractivity contribution in [2.45, 2.75) is 6.92 Å².